The van der Waals surface area contributed by atoms with Crippen molar-refractivity contribution < 1.29 is 0 Å². The van der Waals surface area contributed by atoms with Crippen molar-refractivity contribution in [3.05, 3.63) is 16.1 Å². The van der Waals surface area contributed by atoms with Crippen molar-refractivity contribution >= 4 is 11.3 Å². The Morgan fingerprint density at radius 1 is 1.50 bits per heavy atom. The molecular formula is C13H22N2S. The number of aryl methyl sites for hydroxylation is 1. The lowest BCUT2D eigenvalue weighted by Gasteiger charge is -2.30. The van der Waals surface area contributed by atoms with Gasteiger partial charge in [0.2, 0.25) is 0 Å². The van der Waals surface area contributed by atoms with Crippen LogP contribution in [0, 0.1) is 12.8 Å². The van der Waals surface area contributed by atoms with Crippen molar-refractivity contribution in [2.45, 2.75) is 58.5 Å². The first kappa shape index (κ1) is 12.1. The summed E-state index contributed by atoms with van der Waals surface area (Å²) in [5, 5.41) is 3.76. The van der Waals surface area contributed by atoms with Gasteiger partial charge in [-0.05, 0) is 32.6 Å². The molecule has 1 N–H and O–H groups in total. The van der Waals surface area contributed by atoms with Crippen molar-refractivity contribution in [1.82, 2.24) is 10.3 Å². The normalized spacial score (nSPS) is 27.9. The Labute approximate surface area is 102 Å². The Hall–Kier alpha value is -0.410. The number of aromatic nitrogens is 1. The number of rotatable bonds is 3. The van der Waals surface area contributed by atoms with Crippen molar-refractivity contribution in [3.63, 3.8) is 0 Å². The van der Waals surface area contributed by atoms with Crippen LogP contribution in [0.4, 0.5) is 0 Å². The number of nitrogens with zero attached hydrogens (tertiary/aromatic N) is 1. The predicted octanol–water partition coefficient (Wildman–Crippen LogP) is 3.68. The van der Waals surface area contributed by atoms with Crippen molar-refractivity contribution in [1.29, 1.82) is 0 Å². The zero-order valence-electron chi connectivity index (χ0n) is 10.5. The van der Waals surface area contributed by atoms with Gasteiger partial charge < -0.3 is 5.32 Å². The minimum atomic E-state index is 0.461. The first-order valence-corrected chi connectivity index (χ1v) is 7.21. The van der Waals surface area contributed by atoms with Crippen LogP contribution >= 0.6 is 11.3 Å². The summed E-state index contributed by atoms with van der Waals surface area (Å²) in [6, 6.07) is 1.17. The molecule has 1 fully saturated rings. The van der Waals surface area contributed by atoms with Crippen LogP contribution in [-0.2, 0) is 0 Å². The van der Waals surface area contributed by atoms with Gasteiger partial charge in [0.1, 0.15) is 0 Å². The van der Waals surface area contributed by atoms with Crippen molar-refractivity contribution in [2.75, 3.05) is 0 Å². The van der Waals surface area contributed by atoms with E-state index >= 15 is 0 Å². The average molecular weight is 238 g/mol. The highest BCUT2D eigenvalue weighted by molar-refractivity contribution is 7.09. The van der Waals surface area contributed by atoms with Crippen LogP contribution < -0.4 is 5.32 Å². The molecule has 0 aromatic carbocycles. The standard InChI is InChI=1S/C13H22N2S/c1-9-5-4-6-12(7-9)15-11(3)13-10(2)14-8-16-13/h8-9,11-12,15H,4-7H2,1-3H3. The SMILES string of the molecule is Cc1ncsc1C(C)NC1CCCC(C)C1. The monoisotopic (exact) mass is 238 g/mol. The van der Waals surface area contributed by atoms with Crippen LogP contribution in [0.1, 0.15) is 56.1 Å². The second kappa shape index (κ2) is 5.28. The zero-order valence-corrected chi connectivity index (χ0v) is 11.3. The van der Waals surface area contributed by atoms with Gasteiger partial charge in [0, 0.05) is 17.0 Å². The van der Waals surface area contributed by atoms with E-state index in [1.165, 1.54) is 36.3 Å². The van der Waals surface area contributed by atoms with E-state index in [2.05, 4.69) is 31.1 Å². The number of hydrogen-bond acceptors (Lipinski definition) is 3. The summed E-state index contributed by atoms with van der Waals surface area (Å²) in [5.41, 5.74) is 3.14. The molecule has 1 aromatic heterocycles. The van der Waals surface area contributed by atoms with Gasteiger partial charge in [0.25, 0.3) is 0 Å². The largest absolute Gasteiger partial charge is 0.307 e. The summed E-state index contributed by atoms with van der Waals surface area (Å²) < 4.78 is 0. The third-order valence-corrected chi connectivity index (χ3v) is 4.71. The van der Waals surface area contributed by atoms with E-state index in [9.17, 15) is 0 Å². The van der Waals surface area contributed by atoms with Crippen molar-refractivity contribution in [2.24, 2.45) is 5.92 Å². The van der Waals surface area contributed by atoms with Gasteiger partial charge in [0.05, 0.1) is 11.2 Å². The lowest BCUT2D eigenvalue weighted by atomic mass is 9.87. The molecule has 0 amide bonds. The second-order valence-corrected chi connectivity index (χ2v) is 6.05. The van der Waals surface area contributed by atoms with Crippen LogP contribution in [-0.4, -0.2) is 11.0 Å². The topological polar surface area (TPSA) is 24.9 Å². The molecule has 1 aromatic rings. The summed E-state index contributed by atoms with van der Waals surface area (Å²) in [4.78, 5) is 5.73. The molecule has 2 nitrogen and oxygen atoms in total. The summed E-state index contributed by atoms with van der Waals surface area (Å²) in [6.45, 7) is 6.74. The van der Waals surface area contributed by atoms with E-state index in [0.717, 1.165) is 5.92 Å². The minimum Gasteiger partial charge on any atom is -0.307 e. The van der Waals surface area contributed by atoms with Gasteiger partial charge in [-0.1, -0.05) is 19.8 Å². The summed E-state index contributed by atoms with van der Waals surface area (Å²) >= 11 is 1.77. The highest BCUT2D eigenvalue weighted by atomic mass is 32.1. The fraction of sp³-hybridized carbons (Fsp3) is 0.769. The van der Waals surface area contributed by atoms with Gasteiger partial charge in [-0.25, -0.2) is 4.98 Å². The third kappa shape index (κ3) is 2.83. The molecule has 16 heavy (non-hydrogen) atoms. The molecule has 1 aliphatic carbocycles. The molecule has 90 valence electrons. The molecule has 1 saturated carbocycles. The first-order valence-electron chi connectivity index (χ1n) is 6.33. The molecule has 3 heteroatoms. The molecule has 1 heterocycles. The minimum absolute atomic E-state index is 0.461. The van der Waals surface area contributed by atoms with Crippen LogP contribution in [0.2, 0.25) is 0 Å². The van der Waals surface area contributed by atoms with E-state index < -0.39 is 0 Å². The van der Waals surface area contributed by atoms with E-state index in [1.807, 2.05) is 5.51 Å². The summed E-state index contributed by atoms with van der Waals surface area (Å²) in [6.07, 6.45) is 5.47. The van der Waals surface area contributed by atoms with E-state index in [1.54, 1.807) is 11.3 Å². The highest BCUT2D eigenvalue weighted by Crippen LogP contribution is 2.27. The average Bonchev–Trinajstić information content (AvgIpc) is 2.64. The second-order valence-electron chi connectivity index (χ2n) is 5.16. The number of thiazole rings is 1. The maximum Gasteiger partial charge on any atom is 0.0798 e. The van der Waals surface area contributed by atoms with E-state index in [-0.39, 0.29) is 0 Å². The van der Waals surface area contributed by atoms with Crippen LogP contribution in [0.5, 0.6) is 0 Å². The number of hydrogen-bond donors (Lipinski definition) is 1. The first-order chi connectivity index (χ1) is 7.66. The molecule has 0 aliphatic heterocycles. The van der Waals surface area contributed by atoms with Crippen LogP contribution in [0.25, 0.3) is 0 Å². The van der Waals surface area contributed by atoms with Gasteiger partial charge in [0.15, 0.2) is 0 Å². The molecule has 3 atom stereocenters. The lowest BCUT2D eigenvalue weighted by Crippen LogP contribution is -2.35. The molecule has 0 spiro atoms. The number of nitrogens with one attached hydrogen (secondary N) is 1. The maximum atomic E-state index is 4.32. The summed E-state index contributed by atoms with van der Waals surface area (Å²) in [7, 11) is 0. The molecule has 0 radical (unpaired) electrons. The third-order valence-electron chi connectivity index (χ3n) is 3.60. The maximum absolute atomic E-state index is 4.32. The molecule has 3 unspecified atom stereocenters. The van der Waals surface area contributed by atoms with E-state index in [0.29, 0.717) is 12.1 Å². The highest BCUT2D eigenvalue weighted by Gasteiger charge is 2.21. The Bertz CT molecular complexity index is 334. The Balaban J connectivity index is 1.92. The Morgan fingerprint density at radius 3 is 2.94 bits per heavy atom. The molecule has 0 bridgehead atoms. The molecule has 2 rings (SSSR count). The molecular weight excluding hydrogens is 216 g/mol. The predicted molar refractivity (Wildman–Crippen MR) is 69.8 cm³/mol. The van der Waals surface area contributed by atoms with Gasteiger partial charge in [-0.15, -0.1) is 11.3 Å². The van der Waals surface area contributed by atoms with Crippen LogP contribution in [0.3, 0.4) is 0 Å². The van der Waals surface area contributed by atoms with E-state index in [4.69, 9.17) is 0 Å². The zero-order chi connectivity index (χ0) is 11.5. The van der Waals surface area contributed by atoms with Gasteiger partial charge >= 0.3 is 0 Å². The molecule has 0 saturated heterocycles. The summed E-state index contributed by atoms with van der Waals surface area (Å²) in [5.74, 6) is 0.890. The van der Waals surface area contributed by atoms with Crippen molar-refractivity contribution in [3.8, 4) is 0 Å². The van der Waals surface area contributed by atoms with Gasteiger partial charge in [-0.3, -0.25) is 0 Å². The fourth-order valence-corrected chi connectivity index (χ4v) is 3.56. The fourth-order valence-electron chi connectivity index (χ4n) is 2.74. The quantitative estimate of drug-likeness (QED) is 0.869. The molecule has 1 aliphatic rings. The van der Waals surface area contributed by atoms with Crippen LogP contribution in [0.15, 0.2) is 5.51 Å². The Kier molecular flexibility index (Phi) is 3.98. The Morgan fingerprint density at radius 2 is 2.31 bits per heavy atom. The van der Waals surface area contributed by atoms with Gasteiger partial charge in [-0.2, -0.15) is 0 Å². The lowest BCUT2D eigenvalue weighted by molar-refractivity contribution is 0.286. The smallest absolute Gasteiger partial charge is 0.0798 e.